The van der Waals surface area contributed by atoms with Crippen LogP contribution in [0.2, 0.25) is 0 Å². The highest BCUT2D eigenvalue weighted by Gasteiger charge is 2.46. The first kappa shape index (κ1) is 28.8. The van der Waals surface area contributed by atoms with Crippen LogP contribution in [0, 0.1) is 10.1 Å². The number of ether oxygens (including phenoxy) is 1. The van der Waals surface area contributed by atoms with Crippen LogP contribution in [-0.4, -0.2) is 100 Å². The smallest absolute Gasteiger partial charge is 0.331 e. The van der Waals surface area contributed by atoms with Crippen LogP contribution in [0.15, 0.2) is 30.3 Å². The number of hydrogen-bond acceptors (Lipinski definition) is 10. The molecule has 198 valence electrons. The normalized spacial score (nSPS) is 16.9. The second kappa shape index (κ2) is 14.2. The Hall–Kier alpha value is -3.39. The average molecular weight is 527 g/mol. The molecule has 0 radical (unpaired) electrons. The Kier molecular flexibility index (Phi) is 11.4. The molecule has 36 heavy (non-hydrogen) atoms. The number of amides is 3. The van der Waals surface area contributed by atoms with Crippen LogP contribution in [0.4, 0.5) is 4.79 Å². The fraction of sp³-hybridized carbons (Fsp3) is 0.545. The van der Waals surface area contributed by atoms with E-state index in [1.807, 2.05) is 30.3 Å². The molecule has 13 nitrogen and oxygen atoms in total. The predicted molar refractivity (Wildman–Crippen MR) is 129 cm³/mol. The van der Waals surface area contributed by atoms with E-state index >= 15 is 0 Å². The largest absolute Gasteiger partial charge is 0.480 e. The molecule has 3 amide bonds. The van der Waals surface area contributed by atoms with Gasteiger partial charge >= 0.3 is 18.0 Å². The lowest BCUT2D eigenvalue weighted by Crippen LogP contribution is -2.54. The monoisotopic (exact) mass is 526 g/mol. The molecular formula is C22H30N4O9S. The molecule has 3 unspecified atom stereocenters. The highest BCUT2D eigenvalue weighted by molar-refractivity contribution is 7.99. The number of aliphatic carboxylic acids is 1. The van der Waals surface area contributed by atoms with Crippen LogP contribution in [-0.2, 0) is 30.4 Å². The summed E-state index contributed by atoms with van der Waals surface area (Å²) in [6.45, 7) is 1.27. The molecule has 14 heteroatoms. The number of nitrogens with one attached hydrogen (secondary N) is 1. The predicted octanol–water partition coefficient (Wildman–Crippen LogP) is 0.798. The topological polar surface area (TPSA) is 169 Å². The minimum Gasteiger partial charge on any atom is -0.480 e. The minimum absolute atomic E-state index is 0.0211. The summed E-state index contributed by atoms with van der Waals surface area (Å²) < 4.78 is 5.20. The lowest BCUT2D eigenvalue weighted by molar-refractivity contribution is -0.756. The van der Waals surface area contributed by atoms with Gasteiger partial charge in [0.2, 0.25) is 5.91 Å². The number of likely N-dealkylation sites (N-methyl/N-ethyl adjacent to an activating group) is 1. The molecule has 0 aliphatic carbocycles. The fourth-order valence-electron chi connectivity index (χ4n) is 3.55. The number of esters is 1. The second-order valence-electron chi connectivity index (χ2n) is 8.03. The minimum atomic E-state index is -1.17. The molecule has 1 heterocycles. The number of carbonyl (C=O) groups is 4. The Morgan fingerprint density at radius 2 is 1.92 bits per heavy atom. The molecule has 0 spiro atoms. The van der Waals surface area contributed by atoms with Gasteiger partial charge in [0.05, 0.1) is 12.6 Å². The zero-order valence-electron chi connectivity index (χ0n) is 20.0. The molecule has 1 aromatic rings. The lowest BCUT2D eigenvalue weighted by atomic mass is 10.0. The van der Waals surface area contributed by atoms with E-state index in [2.05, 4.69) is 10.2 Å². The molecule has 2 N–H and O–H groups in total. The van der Waals surface area contributed by atoms with Gasteiger partial charge in [-0.3, -0.25) is 14.9 Å². The number of imide groups is 1. The van der Waals surface area contributed by atoms with Gasteiger partial charge in [0.25, 0.3) is 5.09 Å². The van der Waals surface area contributed by atoms with Crippen LogP contribution < -0.4 is 5.32 Å². The summed E-state index contributed by atoms with van der Waals surface area (Å²) in [5.41, 5.74) is 0.951. The Balaban J connectivity index is 1.91. The number of carbonyl (C=O) groups excluding carboxylic acids is 3. The first-order valence-electron chi connectivity index (χ1n) is 11.2. The highest BCUT2D eigenvalue weighted by atomic mass is 32.2. The van der Waals surface area contributed by atoms with Crippen LogP contribution in [0.25, 0.3) is 0 Å². The molecule has 3 atom stereocenters. The Morgan fingerprint density at radius 3 is 2.56 bits per heavy atom. The van der Waals surface area contributed by atoms with E-state index in [-0.39, 0.29) is 26.2 Å². The third-order valence-electron chi connectivity index (χ3n) is 5.38. The van der Waals surface area contributed by atoms with Gasteiger partial charge in [0, 0.05) is 18.6 Å². The highest BCUT2D eigenvalue weighted by Crippen LogP contribution is 2.18. The van der Waals surface area contributed by atoms with E-state index < -0.39 is 47.1 Å². The van der Waals surface area contributed by atoms with Gasteiger partial charge in [0.15, 0.2) is 6.04 Å². The van der Waals surface area contributed by atoms with E-state index in [9.17, 15) is 34.4 Å². The van der Waals surface area contributed by atoms with Crippen LogP contribution in [0.3, 0.4) is 0 Å². The first-order chi connectivity index (χ1) is 17.1. The van der Waals surface area contributed by atoms with Crippen molar-refractivity contribution in [2.24, 2.45) is 0 Å². The zero-order valence-corrected chi connectivity index (χ0v) is 20.8. The SMILES string of the molecule is CC(NC(CCc1ccccc1)C(=O)O)C(=O)N1C(=O)N(C)CC1C(=O)OCCSCCO[N+](=O)[O-]. The molecule has 1 saturated heterocycles. The van der Waals surface area contributed by atoms with Crippen LogP contribution >= 0.6 is 11.8 Å². The van der Waals surface area contributed by atoms with Crippen molar-refractivity contribution in [3.63, 3.8) is 0 Å². The Morgan fingerprint density at radius 1 is 1.25 bits per heavy atom. The van der Waals surface area contributed by atoms with Crippen LogP contribution in [0.1, 0.15) is 18.9 Å². The van der Waals surface area contributed by atoms with Crippen molar-refractivity contribution >= 4 is 35.6 Å². The van der Waals surface area contributed by atoms with E-state index in [1.165, 1.54) is 30.6 Å². The summed E-state index contributed by atoms with van der Waals surface area (Å²) in [5.74, 6) is -1.96. The number of urea groups is 1. The molecule has 1 aromatic carbocycles. The Bertz CT molecular complexity index is 933. The van der Waals surface area contributed by atoms with Crippen molar-refractivity contribution < 1.29 is 38.9 Å². The maximum atomic E-state index is 13.1. The van der Waals surface area contributed by atoms with Crippen molar-refractivity contribution in [1.82, 2.24) is 15.1 Å². The summed E-state index contributed by atoms with van der Waals surface area (Å²) in [5, 5.41) is 21.6. The van der Waals surface area contributed by atoms with E-state index in [4.69, 9.17) is 4.74 Å². The fourth-order valence-corrected chi connectivity index (χ4v) is 4.15. The lowest BCUT2D eigenvalue weighted by Gasteiger charge is -2.26. The van der Waals surface area contributed by atoms with Crippen LogP contribution in [0.5, 0.6) is 0 Å². The number of thioether (sulfide) groups is 1. The molecule has 1 aliphatic rings. The third kappa shape index (κ3) is 8.68. The zero-order chi connectivity index (χ0) is 26.7. The molecule has 2 rings (SSSR count). The van der Waals surface area contributed by atoms with Gasteiger partial charge in [-0.25, -0.2) is 14.5 Å². The molecule has 0 aromatic heterocycles. The quantitative estimate of drug-likeness (QED) is 0.143. The van der Waals surface area contributed by atoms with Gasteiger partial charge in [-0.1, -0.05) is 30.3 Å². The van der Waals surface area contributed by atoms with Gasteiger partial charge in [-0.05, 0) is 25.3 Å². The third-order valence-corrected chi connectivity index (χ3v) is 6.29. The van der Waals surface area contributed by atoms with Gasteiger partial charge < -0.3 is 19.6 Å². The van der Waals surface area contributed by atoms with Gasteiger partial charge in [-0.15, -0.1) is 10.1 Å². The number of nitrogens with zero attached hydrogens (tertiary/aromatic N) is 3. The molecule has 1 fully saturated rings. The van der Waals surface area contributed by atoms with Crippen molar-refractivity contribution in [2.45, 2.75) is 37.9 Å². The molecule has 1 aliphatic heterocycles. The number of rotatable bonds is 15. The van der Waals surface area contributed by atoms with Crippen molar-refractivity contribution in [3.8, 4) is 0 Å². The molecular weight excluding hydrogens is 496 g/mol. The number of hydrogen-bond donors (Lipinski definition) is 2. The van der Waals surface area contributed by atoms with Crippen molar-refractivity contribution in [3.05, 3.63) is 46.0 Å². The average Bonchev–Trinajstić information content (AvgIpc) is 3.14. The maximum absolute atomic E-state index is 13.1. The van der Waals surface area contributed by atoms with Crippen molar-refractivity contribution in [2.75, 3.05) is 38.3 Å². The summed E-state index contributed by atoms with van der Waals surface area (Å²) in [4.78, 5) is 66.4. The summed E-state index contributed by atoms with van der Waals surface area (Å²) in [6, 6.07) is 5.36. The van der Waals surface area contributed by atoms with E-state index in [0.717, 1.165) is 10.5 Å². The number of carboxylic acids is 1. The van der Waals surface area contributed by atoms with Gasteiger partial charge in [-0.2, -0.15) is 11.8 Å². The standard InChI is InChI=1S/C22H30N4O9S/c1-15(23-17(20(28)29)9-8-16-6-4-3-5-7-16)19(27)25-18(14-24(2)22(25)31)21(30)34-10-12-36-13-11-35-26(32)33/h3-7,15,17-18,23H,8-14H2,1-2H3,(H,28,29). The summed E-state index contributed by atoms with van der Waals surface area (Å²) >= 11 is 1.28. The van der Waals surface area contributed by atoms with Gasteiger partial charge in [0.1, 0.15) is 19.3 Å². The van der Waals surface area contributed by atoms with E-state index in [1.54, 1.807) is 0 Å². The first-order valence-corrected chi connectivity index (χ1v) is 12.4. The number of benzene rings is 1. The molecule has 0 bridgehead atoms. The van der Waals surface area contributed by atoms with Crippen molar-refractivity contribution in [1.29, 1.82) is 0 Å². The summed E-state index contributed by atoms with van der Waals surface area (Å²) in [7, 11) is 1.44. The second-order valence-corrected chi connectivity index (χ2v) is 9.25. The maximum Gasteiger partial charge on any atom is 0.331 e. The number of carboxylic acid groups (broad SMARTS) is 1. The van der Waals surface area contributed by atoms with E-state index in [0.29, 0.717) is 17.9 Å². The Labute approximate surface area is 212 Å². The summed E-state index contributed by atoms with van der Waals surface area (Å²) in [6.07, 6.45) is 0.697. The number of aryl methyl sites for hydroxylation is 1. The molecule has 0 saturated carbocycles.